The van der Waals surface area contributed by atoms with E-state index in [0.717, 1.165) is 5.69 Å². The lowest BCUT2D eigenvalue weighted by atomic mass is 10.1. The molecule has 0 atom stereocenters. The van der Waals surface area contributed by atoms with E-state index in [2.05, 4.69) is 20.5 Å². The number of aryl methyl sites for hydroxylation is 2. The molecule has 0 spiro atoms. The molecule has 0 saturated carbocycles. The standard InChI is InChI=1S/C10H11FN4/c1-6-3-8(4-7(2)9(6)11)14-10-12-5-13-15-10/h3-5H,1-2H3,(H2,12,13,14,15). The van der Waals surface area contributed by atoms with Crippen molar-refractivity contribution < 1.29 is 4.39 Å². The fourth-order valence-corrected chi connectivity index (χ4v) is 1.42. The van der Waals surface area contributed by atoms with Gasteiger partial charge in [-0.1, -0.05) is 0 Å². The van der Waals surface area contributed by atoms with Crippen molar-refractivity contribution in [3.63, 3.8) is 0 Å². The highest BCUT2D eigenvalue weighted by Gasteiger charge is 2.04. The zero-order valence-corrected chi connectivity index (χ0v) is 8.50. The second-order valence-electron chi connectivity index (χ2n) is 3.38. The number of hydrogen-bond donors (Lipinski definition) is 2. The molecular formula is C10H11FN4. The predicted molar refractivity (Wildman–Crippen MR) is 55.5 cm³/mol. The molecule has 0 radical (unpaired) electrons. The van der Waals surface area contributed by atoms with Crippen LogP contribution in [0.4, 0.5) is 16.0 Å². The summed E-state index contributed by atoms with van der Waals surface area (Å²) in [5.41, 5.74) is 2.01. The Bertz CT molecular complexity index is 441. The first-order valence-corrected chi connectivity index (χ1v) is 4.56. The minimum atomic E-state index is -0.168. The third-order valence-corrected chi connectivity index (χ3v) is 2.11. The second-order valence-corrected chi connectivity index (χ2v) is 3.38. The topological polar surface area (TPSA) is 53.6 Å². The molecule has 0 bridgehead atoms. The number of H-pyrrole nitrogens is 1. The summed E-state index contributed by atoms with van der Waals surface area (Å²) in [5.74, 6) is 0.374. The van der Waals surface area contributed by atoms with E-state index in [-0.39, 0.29) is 5.82 Å². The van der Waals surface area contributed by atoms with Crippen molar-refractivity contribution in [2.45, 2.75) is 13.8 Å². The van der Waals surface area contributed by atoms with Gasteiger partial charge in [-0.3, -0.25) is 0 Å². The average Bonchev–Trinajstić information content (AvgIpc) is 2.66. The summed E-state index contributed by atoms with van der Waals surface area (Å²) in [7, 11) is 0. The monoisotopic (exact) mass is 206 g/mol. The van der Waals surface area contributed by atoms with Crippen LogP contribution in [0.2, 0.25) is 0 Å². The molecule has 2 N–H and O–H groups in total. The van der Waals surface area contributed by atoms with E-state index in [9.17, 15) is 4.39 Å². The molecule has 1 aromatic carbocycles. The minimum Gasteiger partial charge on any atom is -0.325 e. The molecule has 5 heteroatoms. The summed E-state index contributed by atoms with van der Waals surface area (Å²) in [6, 6.07) is 3.45. The van der Waals surface area contributed by atoms with Crippen LogP contribution in [-0.4, -0.2) is 15.2 Å². The van der Waals surface area contributed by atoms with Gasteiger partial charge < -0.3 is 5.32 Å². The molecule has 0 aliphatic heterocycles. The fourth-order valence-electron chi connectivity index (χ4n) is 1.42. The van der Waals surface area contributed by atoms with Crippen LogP contribution in [0.5, 0.6) is 0 Å². The van der Waals surface area contributed by atoms with Crippen LogP contribution in [0.25, 0.3) is 0 Å². The number of aromatic amines is 1. The van der Waals surface area contributed by atoms with Gasteiger partial charge in [0.05, 0.1) is 0 Å². The highest BCUT2D eigenvalue weighted by Crippen LogP contribution is 2.20. The Kier molecular flexibility index (Phi) is 2.37. The summed E-state index contributed by atoms with van der Waals surface area (Å²) in [6.45, 7) is 3.46. The molecule has 0 aliphatic carbocycles. The predicted octanol–water partition coefficient (Wildman–Crippen LogP) is 2.30. The number of benzene rings is 1. The lowest BCUT2D eigenvalue weighted by Crippen LogP contribution is -1.96. The average molecular weight is 206 g/mol. The van der Waals surface area contributed by atoms with E-state index in [4.69, 9.17) is 0 Å². The summed E-state index contributed by atoms with van der Waals surface area (Å²) >= 11 is 0. The van der Waals surface area contributed by atoms with Crippen LogP contribution in [0.3, 0.4) is 0 Å². The minimum absolute atomic E-state index is 0.168. The van der Waals surface area contributed by atoms with Crippen LogP contribution < -0.4 is 5.32 Å². The van der Waals surface area contributed by atoms with Gasteiger partial charge in [0.2, 0.25) is 5.95 Å². The smallest absolute Gasteiger partial charge is 0.222 e. The molecule has 0 aliphatic rings. The van der Waals surface area contributed by atoms with Gasteiger partial charge in [0.25, 0.3) is 0 Å². The molecular weight excluding hydrogens is 195 g/mol. The van der Waals surface area contributed by atoms with Crippen LogP contribution in [0.1, 0.15) is 11.1 Å². The van der Waals surface area contributed by atoms with Gasteiger partial charge in [0, 0.05) is 5.69 Å². The number of anilines is 2. The van der Waals surface area contributed by atoms with Gasteiger partial charge in [-0.25, -0.2) is 9.49 Å². The van der Waals surface area contributed by atoms with Gasteiger partial charge in [0.1, 0.15) is 12.1 Å². The summed E-state index contributed by atoms with van der Waals surface area (Å²) < 4.78 is 13.3. The highest BCUT2D eigenvalue weighted by molar-refractivity contribution is 5.55. The Hall–Kier alpha value is -1.91. The number of rotatable bonds is 2. The van der Waals surface area contributed by atoms with Gasteiger partial charge in [-0.05, 0) is 37.1 Å². The molecule has 2 aromatic rings. The molecule has 78 valence electrons. The van der Waals surface area contributed by atoms with E-state index in [1.165, 1.54) is 6.33 Å². The molecule has 0 saturated heterocycles. The van der Waals surface area contributed by atoms with Crippen molar-refractivity contribution in [3.05, 3.63) is 35.4 Å². The van der Waals surface area contributed by atoms with Crippen LogP contribution in [-0.2, 0) is 0 Å². The quantitative estimate of drug-likeness (QED) is 0.792. The van der Waals surface area contributed by atoms with Crippen molar-refractivity contribution >= 4 is 11.6 Å². The van der Waals surface area contributed by atoms with Gasteiger partial charge in [0.15, 0.2) is 0 Å². The maximum Gasteiger partial charge on any atom is 0.222 e. The maximum absolute atomic E-state index is 13.3. The second kappa shape index (κ2) is 3.68. The summed E-state index contributed by atoms with van der Waals surface area (Å²) in [6.07, 6.45) is 1.41. The first-order valence-electron chi connectivity index (χ1n) is 4.56. The Labute approximate surface area is 86.6 Å². The van der Waals surface area contributed by atoms with E-state index in [1.54, 1.807) is 26.0 Å². The van der Waals surface area contributed by atoms with Gasteiger partial charge in [-0.15, -0.1) is 0 Å². The number of nitrogens with one attached hydrogen (secondary N) is 2. The fraction of sp³-hybridized carbons (Fsp3) is 0.200. The van der Waals surface area contributed by atoms with E-state index >= 15 is 0 Å². The van der Waals surface area contributed by atoms with Crippen molar-refractivity contribution in [3.8, 4) is 0 Å². The zero-order chi connectivity index (χ0) is 10.8. The van der Waals surface area contributed by atoms with Gasteiger partial charge in [-0.2, -0.15) is 10.1 Å². The van der Waals surface area contributed by atoms with Crippen LogP contribution in [0.15, 0.2) is 18.5 Å². The molecule has 4 nitrogen and oxygen atoms in total. The highest BCUT2D eigenvalue weighted by atomic mass is 19.1. The van der Waals surface area contributed by atoms with Crippen molar-refractivity contribution in [2.24, 2.45) is 0 Å². The third-order valence-electron chi connectivity index (χ3n) is 2.11. The Balaban J connectivity index is 2.30. The van der Waals surface area contributed by atoms with Gasteiger partial charge >= 0.3 is 0 Å². The number of hydrogen-bond acceptors (Lipinski definition) is 3. The number of halogens is 1. The number of nitrogens with zero attached hydrogens (tertiary/aromatic N) is 2. The Morgan fingerprint density at radius 1 is 1.27 bits per heavy atom. The normalized spacial score (nSPS) is 10.3. The van der Waals surface area contributed by atoms with Crippen LogP contribution in [0, 0.1) is 19.7 Å². The molecule has 2 rings (SSSR count). The Morgan fingerprint density at radius 3 is 2.47 bits per heavy atom. The first-order chi connectivity index (χ1) is 7.16. The van der Waals surface area contributed by atoms with Crippen molar-refractivity contribution in [2.75, 3.05) is 5.32 Å². The third kappa shape index (κ3) is 1.96. The SMILES string of the molecule is Cc1cc(Nc2ncn[nH]2)cc(C)c1F. The van der Waals surface area contributed by atoms with Crippen molar-refractivity contribution in [1.29, 1.82) is 0 Å². The largest absolute Gasteiger partial charge is 0.325 e. The lowest BCUT2D eigenvalue weighted by molar-refractivity contribution is 0.609. The molecule has 0 fully saturated rings. The molecule has 0 amide bonds. The Morgan fingerprint density at radius 2 is 1.93 bits per heavy atom. The first kappa shape index (κ1) is 9.64. The number of aromatic nitrogens is 3. The van der Waals surface area contributed by atoms with Crippen LogP contribution >= 0.6 is 0 Å². The molecule has 0 unspecified atom stereocenters. The summed E-state index contributed by atoms with van der Waals surface area (Å²) in [5, 5.41) is 9.38. The summed E-state index contributed by atoms with van der Waals surface area (Å²) in [4.78, 5) is 3.92. The van der Waals surface area contributed by atoms with E-state index < -0.39 is 0 Å². The molecule has 15 heavy (non-hydrogen) atoms. The lowest BCUT2D eigenvalue weighted by Gasteiger charge is -2.06. The van der Waals surface area contributed by atoms with Crippen molar-refractivity contribution in [1.82, 2.24) is 15.2 Å². The molecule has 1 heterocycles. The maximum atomic E-state index is 13.3. The zero-order valence-electron chi connectivity index (χ0n) is 8.50. The van der Waals surface area contributed by atoms with E-state index in [0.29, 0.717) is 17.1 Å². The molecule has 1 aromatic heterocycles. The van der Waals surface area contributed by atoms with E-state index in [1.807, 2.05) is 0 Å².